The van der Waals surface area contributed by atoms with Crippen LogP contribution in [0.3, 0.4) is 0 Å². The number of ether oxygens (including phenoxy) is 1. The first-order valence-corrected chi connectivity index (χ1v) is 6.17. The van der Waals surface area contributed by atoms with Gasteiger partial charge in [0.25, 0.3) is 0 Å². The zero-order valence-corrected chi connectivity index (χ0v) is 10.9. The Balaban J connectivity index is 2.10. The van der Waals surface area contributed by atoms with Crippen molar-refractivity contribution in [3.63, 3.8) is 0 Å². The van der Waals surface area contributed by atoms with Crippen LogP contribution in [0.25, 0.3) is 0 Å². The second-order valence-corrected chi connectivity index (χ2v) is 4.39. The Morgan fingerprint density at radius 2 is 2.06 bits per heavy atom. The SMILES string of the molecule is Fc1cncc(COc2ccc(Cl)cc2CCl)c1. The summed E-state index contributed by atoms with van der Waals surface area (Å²) in [7, 11) is 0. The van der Waals surface area contributed by atoms with Crippen molar-refractivity contribution in [2.45, 2.75) is 12.5 Å². The third kappa shape index (κ3) is 3.34. The van der Waals surface area contributed by atoms with Crippen molar-refractivity contribution in [3.8, 4) is 5.75 Å². The van der Waals surface area contributed by atoms with Gasteiger partial charge in [-0.05, 0) is 24.3 Å². The molecule has 0 unspecified atom stereocenters. The molecule has 0 aliphatic rings. The molecule has 2 aromatic rings. The molecule has 0 aliphatic carbocycles. The number of hydrogen-bond donors (Lipinski definition) is 0. The van der Waals surface area contributed by atoms with Gasteiger partial charge in [-0.25, -0.2) is 4.39 Å². The predicted octanol–water partition coefficient (Wildman–Crippen LogP) is 4.19. The third-order valence-corrected chi connectivity index (χ3v) is 2.85. The highest BCUT2D eigenvalue weighted by Crippen LogP contribution is 2.25. The zero-order valence-electron chi connectivity index (χ0n) is 9.37. The average molecular weight is 286 g/mol. The molecule has 0 saturated heterocycles. The van der Waals surface area contributed by atoms with Crippen LogP contribution in [0.15, 0.2) is 36.7 Å². The molecule has 0 aliphatic heterocycles. The first kappa shape index (κ1) is 13.1. The number of nitrogens with zero attached hydrogens (tertiary/aromatic N) is 1. The van der Waals surface area contributed by atoms with E-state index in [2.05, 4.69) is 4.98 Å². The summed E-state index contributed by atoms with van der Waals surface area (Å²) >= 11 is 11.7. The fourth-order valence-corrected chi connectivity index (χ4v) is 1.89. The Morgan fingerprint density at radius 1 is 1.22 bits per heavy atom. The van der Waals surface area contributed by atoms with Gasteiger partial charge in [-0.1, -0.05) is 11.6 Å². The summed E-state index contributed by atoms with van der Waals surface area (Å²) in [5.74, 6) is 0.556. The van der Waals surface area contributed by atoms with Crippen molar-refractivity contribution in [1.82, 2.24) is 4.98 Å². The van der Waals surface area contributed by atoms with Crippen molar-refractivity contribution in [3.05, 3.63) is 58.6 Å². The normalized spacial score (nSPS) is 10.4. The third-order valence-electron chi connectivity index (χ3n) is 2.32. The minimum atomic E-state index is -0.384. The molecular formula is C13H10Cl2FNO. The molecule has 0 radical (unpaired) electrons. The minimum absolute atomic E-state index is 0.232. The van der Waals surface area contributed by atoms with Gasteiger partial charge in [0.1, 0.15) is 18.2 Å². The quantitative estimate of drug-likeness (QED) is 0.786. The maximum Gasteiger partial charge on any atom is 0.141 e. The molecule has 94 valence electrons. The highest BCUT2D eigenvalue weighted by Gasteiger charge is 2.05. The van der Waals surface area contributed by atoms with Crippen LogP contribution in [0.4, 0.5) is 4.39 Å². The molecule has 1 heterocycles. The molecule has 0 fully saturated rings. The van der Waals surface area contributed by atoms with Gasteiger partial charge in [0, 0.05) is 22.3 Å². The van der Waals surface area contributed by atoms with E-state index in [0.717, 1.165) is 11.8 Å². The van der Waals surface area contributed by atoms with E-state index in [9.17, 15) is 4.39 Å². The molecule has 2 nitrogen and oxygen atoms in total. The van der Waals surface area contributed by atoms with E-state index in [-0.39, 0.29) is 12.4 Å². The number of rotatable bonds is 4. The Labute approximate surface area is 114 Å². The highest BCUT2D eigenvalue weighted by atomic mass is 35.5. The molecular weight excluding hydrogens is 276 g/mol. The van der Waals surface area contributed by atoms with Crippen LogP contribution in [0.2, 0.25) is 5.02 Å². The van der Waals surface area contributed by atoms with E-state index < -0.39 is 0 Å². The summed E-state index contributed by atoms with van der Waals surface area (Å²) in [5.41, 5.74) is 1.46. The molecule has 2 rings (SSSR count). The Kier molecular flexibility index (Phi) is 4.39. The van der Waals surface area contributed by atoms with E-state index in [4.69, 9.17) is 27.9 Å². The molecule has 0 spiro atoms. The summed E-state index contributed by atoms with van der Waals surface area (Å²) < 4.78 is 18.5. The molecule has 0 N–H and O–H groups in total. The van der Waals surface area contributed by atoms with Crippen LogP contribution >= 0.6 is 23.2 Å². The van der Waals surface area contributed by atoms with Crippen LogP contribution in [-0.4, -0.2) is 4.98 Å². The lowest BCUT2D eigenvalue weighted by Crippen LogP contribution is -1.99. The molecule has 1 aromatic heterocycles. The van der Waals surface area contributed by atoms with Crippen molar-refractivity contribution in [2.75, 3.05) is 0 Å². The van der Waals surface area contributed by atoms with Crippen LogP contribution in [0, 0.1) is 5.82 Å². The maximum absolute atomic E-state index is 12.9. The summed E-state index contributed by atoms with van der Waals surface area (Å²) in [6.45, 7) is 0.232. The maximum atomic E-state index is 12.9. The Morgan fingerprint density at radius 3 is 2.78 bits per heavy atom. The number of halogens is 3. The molecule has 18 heavy (non-hydrogen) atoms. The second kappa shape index (κ2) is 6.03. The minimum Gasteiger partial charge on any atom is -0.489 e. The molecule has 0 amide bonds. The van der Waals surface area contributed by atoms with Crippen molar-refractivity contribution < 1.29 is 9.13 Å². The van der Waals surface area contributed by atoms with Crippen LogP contribution in [0.5, 0.6) is 5.75 Å². The van der Waals surface area contributed by atoms with Gasteiger partial charge < -0.3 is 4.74 Å². The topological polar surface area (TPSA) is 22.1 Å². The Hall–Kier alpha value is -1.32. The van der Waals surface area contributed by atoms with Gasteiger partial charge in [0.05, 0.1) is 12.1 Å². The summed E-state index contributed by atoms with van der Waals surface area (Å²) in [4.78, 5) is 3.75. The van der Waals surface area contributed by atoms with Crippen LogP contribution < -0.4 is 4.74 Å². The van der Waals surface area contributed by atoms with Gasteiger partial charge in [-0.15, -0.1) is 11.6 Å². The van der Waals surface area contributed by atoms with Gasteiger partial charge in [-0.3, -0.25) is 4.98 Å². The molecule has 1 aromatic carbocycles. The van der Waals surface area contributed by atoms with E-state index in [1.165, 1.54) is 6.07 Å². The summed E-state index contributed by atoms with van der Waals surface area (Å²) in [6, 6.07) is 6.58. The fraction of sp³-hybridized carbons (Fsp3) is 0.154. The predicted molar refractivity (Wildman–Crippen MR) is 69.5 cm³/mol. The molecule has 0 atom stereocenters. The van der Waals surface area contributed by atoms with Crippen molar-refractivity contribution in [2.24, 2.45) is 0 Å². The van der Waals surface area contributed by atoms with Gasteiger partial charge >= 0.3 is 0 Å². The number of hydrogen-bond acceptors (Lipinski definition) is 2. The van der Waals surface area contributed by atoms with Crippen LogP contribution in [0.1, 0.15) is 11.1 Å². The number of aromatic nitrogens is 1. The molecule has 0 bridgehead atoms. The van der Waals surface area contributed by atoms with E-state index in [1.807, 2.05) is 0 Å². The van der Waals surface area contributed by atoms with Gasteiger partial charge in [0.15, 0.2) is 0 Å². The van der Waals surface area contributed by atoms with Gasteiger partial charge in [-0.2, -0.15) is 0 Å². The number of benzene rings is 1. The lowest BCUT2D eigenvalue weighted by Gasteiger charge is -2.10. The molecule has 0 saturated carbocycles. The number of alkyl halides is 1. The summed E-state index contributed by atoms with van der Waals surface area (Å²) in [6.07, 6.45) is 2.70. The lowest BCUT2D eigenvalue weighted by molar-refractivity contribution is 0.302. The monoisotopic (exact) mass is 285 g/mol. The van der Waals surface area contributed by atoms with Crippen LogP contribution in [-0.2, 0) is 12.5 Å². The fourth-order valence-electron chi connectivity index (χ4n) is 1.49. The van der Waals surface area contributed by atoms with Crippen molar-refractivity contribution in [1.29, 1.82) is 0 Å². The van der Waals surface area contributed by atoms with E-state index in [0.29, 0.717) is 22.2 Å². The average Bonchev–Trinajstić information content (AvgIpc) is 2.37. The largest absolute Gasteiger partial charge is 0.489 e. The second-order valence-electron chi connectivity index (χ2n) is 3.69. The van der Waals surface area contributed by atoms with Gasteiger partial charge in [0.2, 0.25) is 0 Å². The first-order valence-electron chi connectivity index (χ1n) is 5.25. The highest BCUT2D eigenvalue weighted by molar-refractivity contribution is 6.30. The number of pyridine rings is 1. The van der Waals surface area contributed by atoms with E-state index >= 15 is 0 Å². The lowest BCUT2D eigenvalue weighted by atomic mass is 10.2. The standard InChI is InChI=1S/C13H10Cl2FNO/c14-5-10-4-11(15)1-2-13(10)18-8-9-3-12(16)7-17-6-9/h1-4,6-7H,5,8H2. The first-order chi connectivity index (χ1) is 8.69. The van der Waals surface area contributed by atoms with Crippen molar-refractivity contribution >= 4 is 23.2 Å². The zero-order chi connectivity index (χ0) is 13.0. The smallest absolute Gasteiger partial charge is 0.141 e. The summed E-state index contributed by atoms with van der Waals surface area (Å²) in [5, 5.41) is 0.602. The van der Waals surface area contributed by atoms with E-state index in [1.54, 1.807) is 24.4 Å². The Bertz CT molecular complexity index is 548. The molecule has 5 heteroatoms.